The lowest BCUT2D eigenvalue weighted by molar-refractivity contribution is -0.138. The lowest BCUT2D eigenvalue weighted by atomic mass is 9.96. The predicted octanol–water partition coefficient (Wildman–Crippen LogP) is 3.08. The van der Waals surface area contributed by atoms with Gasteiger partial charge in [-0.25, -0.2) is 4.79 Å². The highest BCUT2D eigenvalue weighted by molar-refractivity contribution is 7.80. The number of furan rings is 1. The summed E-state index contributed by atoms with van der Waals surface area (Å²) in [7, 11) is 0. The second-order valence-corrected chi connectivity index (χ2v) is 5.76. The highest BCUT2D eigenvalue weighted by atomic mass is 32.1. The van der Waals surface area contributed by atoms with Crippen LogP contribution in [0.1, 0.15) is 30.0 Å². The first-order chi connectivity index (χ1) is 11.6. The number of carbonyl (C=O) groups is 1. The molecule has 0 saturated heterocycles. The largest absolute Gasteiger partial charge is 0.464 e. The molecule has 3 rings (SSSR count). The first-order valence-electron chi connectivity index (χ1n) is 7.70. The summed E-state index contributed by atoms with van der Waals surface area (Å²) in [5.74, 6) is 0.978. The van der Waals surface area contributed by atoms with Gasteiger partial charge in [-0.2, -0.15) is 0 Å². The maximum atomic E-state index is 12.6. The van der Waals surface area contributed by atoms with E-state index in [2.05, 4.69) is 10.6 Å². The molecule has 1 aliphatic rings. The molecule has 5 nitrogen and oxygen atoms in total. The van der Waals surface area contributed by atoms with Crippen LogP contribution in [0.4, 0.5) is 0 Å². The Morgan fingerprint density at radius 1 is 1.25 bits per heavy atom. The normalized spacial score (nSPS) is 17.2. The zero-order chi connectivity index (χ0) is 17.1. The van der Waals surface area contributed by atoms with Gasteiger partial charge >= 0.3 is 5.97 Å². The van der Waals surface area contributed by atoms with E-state index in [1.807, 2.05) is 49.4 Å². The highest BCUT2D eigenvalue weighted by Gasteiger charge is 2.34. The molecule has 0 unspecified atom stereocenters. The van der Waals surface area contributed by atoms with Crippen LogP contribution < -0.4 is 10.6 Å². The van der Waals surface area contributed by atoms with Gasteiger partial charge in [0.1, 0.15) is 17.6 Å². The van der Waals surface area contributed by atoms with E-state index >= 15 is 0 Å². The van der Waals surface area contributed by atoms with Crippen LogP contribution in [-0.2, 0) is 9.53 Å². The van der Waals surface area contributed by atoms with Crippen LogP contribution in [0.25, 0.3) is 5.70 Å². The number of hydrogen-bond acceptors (Lipinski definition) is 4. The van der Waals surface area contributed by atoms with Crippen molar-refractivity contribution < 1.29 is 13.9 Å². The van der Waals surface area contributed by atoms with Gasteiger partial charge in [0.05, 0.1) is 17.9 Å². The highest BCUT2D eigenvalue weighted by Crippen LogP contribution is 2.32. The summed E-state index contributed by atoms with van der Waals surface area (Å²) < 4.78 is 11.0. The fourth-order valence-electron chi connectivity index (χ4n) is 2.65. The zero-order valence-electron chi connectivity index (χ0n) is 13.5. The van der Waals surface area contributed by atoms with Crippen LogP contribution in [0.15, 0.2) is 52.5 Å². The lowest BCUT2D eigenvalue weighted by Crippen LogP contribution is -2.45. The number of aryl methyl sites for hydroxylation is 1. The van der Waals surface area contributed by atoms with Crippen LogP contribution in [0.2, 0.25) is 0 Å². The predicted molar refractivity (Wildman–Crippen MR) is 95.1 cm³/mol. The van der Waals surface area contributed by atoms with Crippen molar-refractivity contribution in [2.75, 3.05) is 6.61 Å². The smallest absolute Gasteiger partial charge is 0.338 e. The van der Waals surface area contributed by atoms with Crippen LogP contribution in [0, 0.1) is 6.92 Å². The summed E-state index contributed by atoms with van der Waals surface area (Å²) >= 11 is 5.32. The number of esters is 1. The third-order valence-electron chi connectivity index (χ3n) is 3.68. The summed E-state index contributed by atoms with van der Waals surface area (Å²) in [6.07, 6.45) is 0. The van der Waals surface area contributed by atoms with Crippen molar-refractivity contribution in [2.24, 2.45) is 0 Å². The molecule has 1 aromatic heterocycles. The number of benzene rings is 1. The Hall–Kier alpha value is -2.60. The Balaban J connectivity index is 2.16. The Labute approximate surface area is 145 Å². The third-order valence-corrected chi connectivity index (χ3v) is 3.90. The standard InChI is InChI=1S/C18H18N2O3S/c1-3-22-17(21)14-15(12-7-5-4-6-8-12)19-18(24)20-16(14)13-10-9-11(2)23-13/h4-10,16H,3H2,1-2H3,(H2,19,20,24)/t16-/m1/s1. The van der Waals surface area contributed by atoms with E-state index in [4.69, 9.17) is 21.4 Å². The van der Waals surface area contributed by atoms with Gasteiger partial charge in [0, 0.05) is 0 Å². The number of ether oxygens (including phenoxy) is 1. The van der Waals surface area contributed by atoms with Gasteiger partial charge in [-0.15, -0.1) is 0 Å². The van der Waals surface area contributed by atoms with Gasteiger partial charge in [0.25, 0.3) is 0 Å². The van der Waals surface area contributed by atoms with E-state index < -0.39 is 12.0 Å². The van der Waals surface area contributed by atoms with Gasteiger partial charge in [0.2, 0.25) is 0 Å². The molecule has 0 spiro atoms. The molecule has 2 heterocycles. The number of thiocarbonyl (C=S) groups is 1. The van der Waals surface area contributed by atoms with Gasteiger partial charge in [-0.1, -0.05) is 30.3 Å². The second-order valence-electron chi connectivity index (χ2n) is 5.36. The van der Waals surface area contributed by atoms with Crippen molar-refractivity contribution >= 4 is 29.0 Å². The molecule has 24 heavy (non-hydrogen) atoms. The first-order valence-corrected chi connectivity index (χ1v) is 8.11. The van der Waals surface area contributed by atoms with E-state index in [0.29, 0.717) is 28.7 Å². The molecule has 1 atom stereocenters. The minimum atomic E-state index is -0.498. The summed E-state index contributed by atoms with van der Waals surface area (Å²) in [6.45, 7) is 3.93. The SMILES string of the molecule is CCOC(=O)C1=C(c2ccccc2)NC(=S)N[C@@H]1c1ccc(C)o1. The van der Waals surface area contributed by atoms with E-state index in [1.54, 1.807) is 6.92 Å². The average Bonchev–Trinajstić information content (AvgIpc) is 3.01. The average molecular weight is 342 g/mol. The number of nitrogens with one attached hydrogen (secondary N) is 2. The van der Waals surface area contributed by atoms with Crippen LogP contribution in [0.5, 0.6) is 0 Å². The second kappa shape index (κ2) is 6.88. The van der Waals surface area contributed by atoms with Crippen LogP contribution in [0.3, 0.4) is 0 Å². The third kappa shape index (κ3) is 3.19. The molecule has 0 radical (unpaired) electrons. The quantitative estimate of drug-likeness (QED) is 0.658. The number of rotatable bonds is 4. The minimum Gasteiger partial charge on any atom is -0.464 e. The molecule has 0 bridgehead atoms. The van der Waals surface area contributed by atoms with Crippen molar-refractivity contribution in [1.29, 1.82) is 0 Å². The fraction of sp³-hybridized carbons (Fsp3) is 0.222. The van der Waals surface area contributed by atoms with Crippen molar-refractivity contribution in [2.45, 2.75) is 19.9 Å². The maximum Gasteiger partial charge on any atom is 0.338 e. The monoisotopic (exact) mass is 342 g/mol. The molecule has 0 amide bonds. The van der Waals surface area contributed by atoms with E-state index in [9.17, 15) is 4.79 Å². The fourth-order valence-corrected chi connectivity index (χ4v) is 2.87. The van der Waals surface area contributed by atoms with Gasteiger partial charge in [0.15, 0.2) is 5.11 Å². The number of hydrogen-bond donors (Lipinski definition) is 2. The van der Waals surface area contributed by atoms with Crippen molar-refractivity contribution in [1.82, 2.24) is 10.6 Å². The summed E-state index contributed by atoms with van der Waals surface area (Å²) in [5.41, 5.74) is 1.94. The van der Waals surface area contributed by atoms with Gasteiger partial charge in [-0.3, -0.25) is 0 Å². The van der Waals surface area contributed by atoms with Gasteiger partial charge in [-0.05, 0) is 43.8 Å². The first kappa shape index (κ1) is 16.3. The molecule has 0 fully saturated rings. The molecule has 6 heteroatoms. The Morgan fingerprint density at radius 2 is 2.00 bits per heavy atom. The summed E-state index contributed by atoms with van der Waals surface area (Å²) in [6, 6.07) is 12.8. The van der Waals surface area contributed by atoms with E-state index in [-0.39, 0.29) is 0 Å². The topological polar surface area (TPSA) is 63.5 Å². The van der Waals surface area contributed by atoms with Crippen LogP contribution >= 0.6 is 12.2 Å². The minimum absolute atomic E-state index is 0.290. The molecule has 1 aromatic carbocycles. The van der Waals surface area contributed by atoms with Crippen LogP contribution in [-0.4, -0.2) is 17.7 Å². The lowest BCUT2D eigenvalue weighted by Gasteiger charge is -2.29. The van der Waals surface area contributed by atoms with E-state index in [0.717, 1.165) is 11.3 Å². The van der Waals surface area contributed by atoms with Crippen molar-refractivity contribution in [3.63, 3.8) is 0 Å². The maximum absolute atomic E-state index is 12.6. The molecule has 0 saturated carbocycles. The summed E-state index contributed by atoms with van der Waals surface area (Å²) in [4.78, 5) is 12.6. The van der Waals surface area contributed by atoms with Crippen molar-refractivity contribution in [3.8, 4) is 0 Å². The molecular weight excluding hydrogens is 324 g/mol. The summed E-state index contributed by atoms with van der Waals surface area (Å²) in [5, 5.41) is 6.62. The van der Waals surface area contributed by atoms with E-state index in [1.165, 1.54) is 0 Å². The molecular formula is C18H18N2O3S. The van der Waals surface area contributed by atoms with Crippen molar-refractivity contribution in [3.05, 3.63) is 65.1 Å². The molecule has 2 aromatic rings. The Morgan fingerprint density at radius 3 is 2.62 bits per heavy atom. The Kier molecular flexibility index (Phi) is 4.66. The number of carbonyl (C=O) groups excluding carboxylic acids is 1. The Bertz CT molecular complexity index is 796. The molecule has 2 N–H and O–H groups in total. The molecule has 0 aliphatic carbocycles. The molecule has 1 aliphatic heterocycles. The van der Waals surface area contributed by atoms with Gasteiger partial charge < -0.3 is 19.8 Å². The zero-order valence-corrected chi connectivity index (χ0v) is 14.3. The molecule has 124 valence electrons.